The van der Waals surface area contributed by atoms with Gasteiger partial charge in [-0.2, -0.15) is 0 Å². The lowest BCUT2D eigenvalue weighted by molar-refractivity contribution is 0.181. The lowest BCUT2D eigenvalue weighted by Gasteiger charge is -2.35. The van der Waals surface area contributed by atoms with Crippen LogP contribution in [0.5, 0.6) is 0 Å². The molecule has 30 heavy (non-hydrogen) atoms. The third kappa shape index (κ3) is 5.19. The van der Waals surface area contributed by atoms with E-state index in [1.807, 2.05) is 41.7 Å². The highest BCUT2D eigenvalue weighted by Gasteiger charge is 2.25. The van der Waals surface area contributed by atoms with Crippen LogP contribution in [0.2, 0.25) is 5.02 Å². The molecule has 1 aliphatic rings. The van der Waals surface area contributed by atoms with Crippen LogP contribution >= 0.6 is 22.9 Å². The Bertz CT molecular complexity index is 971. The van der Waals surface area contributed by atoms with Crippen LogP contribution in [0.4, 0.5) is 0 Å². The molecule has 0 saturated carbocycles. The first kappa shape index (κ1) is 20.8. The first-order chi connectivity index (χ1) is 14.7. The maximum Gasteiger partial charge on any atom is 0.191 e. The van der Waals surface area contributed by atoms with Gasteiger partial charge in [0.2, 0.25) is 0 Å². The van der Waals surface area contributed by atoms with Gasteiger partial charge in [-0.15, -0.1) is 11.3 Å². The zero-order valence-electron chi connectivity index (χ0n) is 17.0. The van der Waals surface area contributed by atoms with Crippen molar-refractivity contribution in [2.24, 2.45) is 4.99 Å². The van der Waals surface area contributed by atoms with Crippen LogP contribution in [0, 0.1) is 0 Å². The maximum atomic E-state index is 6.14. The van der Waals surface area contributed by atoms with Gasteiger partial charge in [0.15, 0.2) is 5.96 Å². The minimum Gasteiger partial charge on any atom is -0.354 e. The number of aromatic nitrogens is 1. The van der Waals surface area contributed by atoms with Gasteiger partial charge in [-0.3, -0.25) is 14.9 Å². The molecule has 5 nitrogen and oxygen atoms in total. The van der Waals surface area contributed by atoms with Crippen molar-refractivity contribution in [3.05, 3.63) is 86.8 Å². The molecular weight excluding hydrogens is 414 g/mol. The zero-order valence-corrected chi connectivity index (χ0v) is 18.6. The minimum atomic E-state index is 0.226. The number of fused-ring (bicyclic) bond motifs is 1. The SMILES string of the molecule is CN=C(NCc1ccccn1)NCC(c1ccc(Cl)cc1)N1CCc2sccc2C1. The van der Waals surface area contributed by atoms with E-state index in [9.17, 15) is 0 Å². The van der Waals surface area contributed by atoms with Crippen molar-refractivity contribution in [3.8, 4) is 0 Å². The second kappa shape index (κ2) is 10.1. The Kier molecular flexibility index (Phi) is 7.00. The monoisotopic (exact) mass is 439 g/mol. The van der Waals surface area contributed by atoms with Crippen LogP contribution in [0.25, 0.3) is 0 Å². The van der Waals surface area contributed by atoms with Crippen LogP contribution in [0.1, 0.15) is 27.7 Å². The predicted molar refractivity (Wildman–Crippen MR) is 125 cm³/mol. The van der Waals surface area contributed by atoms with Crippen LogP contribution in [0.3, 0.4) is 0 Å². The molecule has 3 aromatic rings. The van der Waals surface area contributed by atoms with E-state index in [0.717, 1.165) is 42.7 Å². The largest absolute Gasteiger partial charge is 0.354 e. The van der Waals surface area contributed by atoms with E-state index >= 15 is 0 Å². The van der Waals surface area contributed by atoms with Gasteiger partial charge in [0.1, 0.15) is 0 Å². The average molecular weight is 440 g/mol. The fourth-order valence-corrected chi connectivity index (χ4v) is 4.79. The van der Waals surface area contributed by atoms with Crippen molar-refractivity contribution in [2.45, 2.75) is 25.6 Å². The normalized spacial score (nSPS) is 15.5. The summed E-state index contributed by atoms with van der Waals surface area (Å²) in [4.78, 5) is 12.8. The molecule has 0 spiro atoms. The van der Waals surface area contributed by atoms with E-state index in [1.54, 1.807) is 13.2 Å². The molecule has 0 saturated heterocycles. The number of halogens is 1. The molecule has 1 atom stereocenters. The summed E-state index contributed by atoms with van der Waals surface area (Å²) >= 11 is 8.01. The van der Waals surface area contributed by atoms with Crippen LogP contribution in [0.15, 0.2) is 65.1 Å². The van der Waals surface area contributed by atoms with Gasteiger partial charge >= 0.3 is 0 Å². The number of nitrogens with zero attached hydrogens (tertiary/aromatic N) is 3. The Balaban J connectivity index is 1.45. The number of rotatable bonds is 6. The number of hydrogen-bond acceptors (Lipinski definition) is 4. The summed E-state index contributed by atoms with van der Waals surface area (Å²) < 4.78 is 0. The van der Waals surface area contributed by atoms with Gasteiger partial charge in [-0.25, -0.2) is 0 Å². The van der Waals surface area contributed by atoms with Gasteiger partial charge in [-0.1, -0.05) is 29.8 Å². The van der Waals surface area contributed by atoms with E-state index in [-0.39, 0.29) is 6.04 Å². The van der Waals surface area contributed by atoms with Crippen molar-refractivity contribution in [3.63, 3.8) is 0 Å². The Morgan fingerprint density at radius 1 is 1.20 bits per heavy atom. The fraction of sp³-hybridized carbons (Fsp3) is 0.304. The molecule has 1 unspecified atom stereocenters. The minimum absolute atomic E-state index is 0.226. The molecule has 4 rings (SSSR count). The van der Waals surface area contributed by atoms with Crippen molar-refractivity contribution >= 4 is 28.9 Å². The summed E-state index contributed by atoms with van der Waals surface area (Å²) in [7, 11) is 1.80. The molecule has 156 valence electrons. The maximum absolute atomic E-state index is 6.14. The third-order valence-corrected chi connectivity index (χ3v) is 6.66. The lowest BCUT2D eigenvalue weighted by atomic mass is 10.0. The number of guanidine groups is 1. The molecule has 0 fully saturated rings. The molecule has 1 aliphatic heterocycles. The predicted octanol–water partition coefficient (Wildman–Crippen LogP) is 4.26. The van der Waals surface area contributed by atoms with E-state index in [2.05, 4.69) is 49.1 Å². The molecule has 0 aliphatic carbocycles. The number of aliphatic imine (C=N–C) groups is 1. The van der Waals surface area contributed by atoms with E-state index in [1.165, 1.54) is 16.0 Å². The smallest absolute Gasteiger partial charge is 0.191 e. The number of benzene rings is 1. The van der Waals surface area contributed by atoms with Gasteiger partial charge in [0.05, 0.1) is 18.3 Å². The second-order valence-electron chi connectivity index (χ2n) is 7.28. The lowest BCUT2D eigenvalue weighted by Crippen LogP contribution is -2.44. The fourth-order valence-electron chi connectivity index (χ4n) is 3.77. The average Bonchev–Trinajstić information content (AvgIpc) is 3.26. The number of thiophene rings is 1. The Morgan fingerprint density at radius 2 is 2.07 bits per heavy atom. The quantitative estimate of drug-likeness (QED) is 0.445. The molecule has 7 heteroatoms. The molecule has 0 amide bonds. The van der Waals surface area contributed by atoms with E-state index in [4.69, 9.17) is 11.6 Å². The summed E-state index contributed by atoms with van der Waals surface area (Å²) in [5, 5.41) is 9.82. The van der Waals surface area contributed by atoms with Gasteiger partial charge in [-0.05, 0) is 53.3 Å². The highest BCUT2D eigenvalue weighted by atomic mass is 35.5. The first-order valence-electron chi connectivity index (χ1n) is 10.1. The Labute approximate surface area is 186 Å². The van der Waals surface area contributed by atoms with Crippen molar-refractivity contribution in [2.75, 3.05) is 20.1 Å². The first-order valence-corrected chi connectivity index (χ1v) is 11.4. The van der Waals surface area contributed by atoms with E-state index in [0.29, 0.717) is 6.54 Å². The highest BCUT2D eigenvalue weighted by molar-refractivity contribution is 7.10. The van der Waals surface area contributed by atoms with Crippen LogP contribution < -0.4 is 10.6 Å². The molecule has 3 heterocycles. The zero-order chi connectivity index (χ0) is 20.8. The van der Waals surface area contributed by atoms with E-state index < -0.39 is 0 Å². The highest BCUT2D eigenvalue weighted by Crippen LogP contribution is 2.30. The molecule has 0 bridgehead atoms. The summed E-state index contributed by atoms with van der Waals surface area (Å²) in [5.41, 5.74) is 3.68. The molecule has 2 aromatic heterocycles. The Hall–Kier alpha value is -2.41. The molecule has 0 radical (unpaired) electrons. The summed E-state index contributed by atoms with van der Waals surface area (Å²) in [6.07, 6.45) is 2.91. The molecule has 1 aromatic carbocycles. The third-order valence-electron chi connectivity index (χ3n) is 5.38. The topological polar surface area (TPSA) is 52.6 Å². The van der Waals surface area contributed by atoms with Crippen LogP contribution in [-0.2, 0) is 19.5 Å². The number of pyridine rings is 1. The van der Waals surface area contributed by atoms with Gasteiger partial charge in [0.25, 0.3) is 0 Å². The van der Waals surface area contributed by atoms with Crippen molar-refractivity contribution in [1.29, 1.82) is 0 Å². The number of nitrogens with one attached hydrogen (secondary N) is 2. The Morgan fingerprint density at radius 3 is 2.83 bits per heavy atom. The molecular formula is C23H26ClN5S. The van der Waals surface area contributed by atoms with Crippen molar-refractivity contribution in [1.82, 2.24) is 20.5 Å². The summed E-state index contributed by atoms with van der Waals surface area (Å²) in [6, 6.07) is 16.6. The van der Waals surface area contributed by atoms with Crippen LogP contribution in [-0.4, -0.2) is 36.0 Å². The van der Waals surface area contributed by atoms with Crippen molar-refractivity contribution < 1.29 is 0 Å². The van der Waals surface area contributed by atoms with Gasteiger partial charge in [0, 0.05) is 42.8 Å². The standard InChI is InChI=1S/C23H26ClN5S/c1-25-23(27-14-20-4-2-3-11-26-20)28-15-21(17-5-7-19(24)8-6-17)29-12-9-22-18(16-29)10-13-30-22/h2-8,10-11,13,21H,9,12,14-16H2,1H3,(H2,25,27,28). The van der Waals surface area contributed by atoms with Gasteiger partial charge < -0.3 is 10.6 Å². The number of hydrogen-bond donors (Lipinski definition) is 2. The summed E-state index contributed by atoms with van der Waals surface area (Å²) in [5.74, 6) is 0.771. The molecule has 2 N–H and O–H groups in total. The second-order valence-corrected chi connectivity index (χ2v) is 8.72. The summed E-state index contributed by atoms with van der Waals surface area (Å²) in [6.45, 7) is 3.40.